The van der Waals surface area contributed by atoms with E-state index in [-0.39, 0.29) is 5.54 Å². The topological polar surface area (TPSA) is 18.5 Å². The van der Waals surface area contributed by atoms with Crippen LogP contribution in [0.1, 0.15) is 16.7 Å². The molecule has 0 spiro atoms. The lowest BCUT2D eigenvalue weighted by Crippen LogP contribution is -2.38. The van der Waals surface area contributed by atoms with E-state index in [9.17, 15) is 0 Å². The first-order valence-electron chi connectivity index (χ1n) is 8.24. The van der Waals surface area contributed by atoms with Crippen LogP contribution >= 0.6 is 0 Å². The molecular weight excluding hydrogens is 312 g/mol. The molecule has 0 aliphatic rings. The van der Waals surface area contributed by atoms with Crippen LogP contribution in [0.2, 0.25) is 13.1 Å². The van der Waals surface area contributed by atoms with E-state index in [0.29, 0.717) is 0 Å². The van der Waals surface area contributed by atoms with Gasteiger partial charge in [-0.2, -0.15) is 0 Å². The molecule has 3 aromatic carbocycles. The Morgan fingerprint density at radius 3 is 2.12 bits per heavy atom. The van der Waals surface area contributed by atoms with Crippen LogP contribution < -0.4 is 4.74 Å². The molecule has 3 aromatic rings. The van der Waals surface area contributed by atoms with Gasteiger partial charge in [-0.25, -0.2) is 0 Å². The smallest absolute Gasteiger partial charge is 0.198 e. The quantitative estimate of drug-likeness (QED) is 0.583. The zero-order chi connectivity index (χ0) is 17.2. The van der Waals surface area contributed by atoms with Gasteiger partial charge in [-0.05, 0) is 35.5 Å². The van der Waals surface area contributed by atoms with Crippen LogP contribution in [0, 0.1) is 0 Å². The number of benzene rings is 3. The van der Waals surface area contributed by atoms with Gasteiger partial charge in [-0.1, -0.05) is 60.7 Å². The van der Waals surface area contributed by atoms with Crippen molar-refractivity contribution in [3.05, 3.63) is 77.9 Å². The highest BCUT2D eigenvalue weighted by Gasteiger charge is 2.38. The molecule has 2 nitrogen and oxygen atoms in total. The fraction of sp³-hybridized carbons (Fsp3) is 0.238. The maximum atomic E-state index is 6.04. The molecule has 0 aliphatic heterocycles. The van der Waals surface area contributed by atoms with Crippen LogP contribution in [-0.4, -0.2) is 22.5 Å². The normalized spacial score (nSPS) is 13.0. The zero-order valence-corrected chi connectivity index (χ0v) is 15.7. The summed E-state index contributed by atoms with van der Waals surface area (Å²) in [5.74, 6) is 0.931. The van der Waals surface area contributed by atoms with Gasteiger partial charge in [-0.15, -0.1) is 0 Å². The van der Waals surface area contributed by atoms with Crippen molar-refractivity contribution in [1.29, 1.82) is 0 Å². The van der Waals surface area contributed by atoms with E-state index in [1.807, 2.05) is 7.11 Å². The van der Waals surface area contributed by atoms with Gasteiger partial charge in [0.15, 0.2) is 8.32 Å². The molecule has 0 saturated heterocycles. The van der Waals surface area contributed by atoms with Crippen molar-refractivity contribution < 1.29 is 9.16 Å². The Labute approximate surface area is 145 Å². The van der Waals surface area contributed by atoms with E-state index >= 15 is 0 Å². The van der Waals surface area contributed by atoms with Gasteiger partial charge in [0.05, 0.1) is 7.11 Å². The van der Waals surface area contributed by atoms with Crippen LogP contribution in [0.25, 0.3) is 10.8 Å². The van der Waals surface area contributed by atoms with Gasteiger partial charge in [-0.3, -0.25) is 0 Å². The Balaban J connectivity index is 2.34. The standard InChI is InChI=1S/C21H24O2Si/c1-22-19-15-14-16-10-8-9-13-18(16)20(19)21(24(3,4)23-2)17-11-6-5-7-12-17/h5-15,21H,1-4H3. The molecule has 0 bridgehead atoms. The third-order valence-electron chi connectivity index (χ3n) is 4.79. The highest BCUT2D eigenvalue weighted by atomic mass is 28.4. The molecule has 0 heterocycles. The number of rotatable bonds is 5. The van der Waals surface area contributed by atoms with Crippen LogP contribution in [0.15, 0.2) is 66.7 Å². The minimum absolute atomic E-state index is 0.199. The van der Waals surface area contributed by atoms with Gasteiger partial charge < -0.3 is 9.16 Å². The van der Waals surface area contributed by atoms with Gasteiger partial charge in [0.25, 0.3) is 0 Å². The number of methoxy groups -OCH3 is 1. The molecule has 0 amide bonds. The van der Waals surface area contributed by atoms with E-state index in [0.717, 1.165) is 5.75 Å². The average Bonchev–Trinajstić information content (AvgIpc) is 2.63. The van der Waals surface area contributed by atoms with Gasteiger partial charge in [0.2, 0.25) is 0 Å². The molecule has 0 saturated carbocycles. The number of fused-ring (bicyclic) bond motifs is 1. The van der Waals surface area contributed by atoms with Crippen molar-refractivity contribution in [2.75, 3.05) is 14.2 Å². The van der Waals surface area contributed by atoms with Crippen molar-refractivity contribution >= 4 is 19.1 Å². The molecule has 3 heteroatoms. The summed E-state index contributed by atoms with van der Waals surface area (Å²) < 4.78 is 11.8. The second-order valence-corrected chi connectivity index (χ2v) is 10.7. The van der Waals surface area contributed by atoms with E-state index in [1.54, 1.807) is 7.11 Å². The second-order valence-electron chi connectivity index (χ2n) is 6.55. The summed E-state index contributed by atoms with van der Waals surface area (Å²) in [6, 6.07) is 23.4. The summed E-state index contributed by atoms with van der Waals surface area (Å²) in [6.07, 6.45) is 0. The molecule has 0 fully saturated rings. The third-order valence-corrected chi connectivity index (χ3v) is 7.86. The maximum absolute atomic E-state index is 6.04. The van der Waals surface area contributed by atoms with Crippen LogP contribution in [-0.2, 0) is 4.43 Å². The first-order chi connectivity index (χ1) is 11.6. The predicted molar refractivity (Wildman–Crippen MR) is 103 cm³/mol. The average molecular weight is 337 g/mol. The zero-order valence-electron chi connectivity index (χ0n) is 14.7. The van der Waals surface area contributed by atoms with Crippen molar-refractivity contribution in [2.24, 2.45) is 0 Å². The molecule has 124 valence electrons. The molecule has 1 atom stereocenters. The van der Waals surface area contributed by atoms with Crippen molar-refractivity contribution in [2.45, 2.75) is 18.6 Å². The Bertz CT molecular complexity index is 828. The molecule has 3 rings (SSSR count). The Hall–Kier alpha value is -2.10. The highest BCUT2D eigenvalue weighted by Crippen LogP contribution is 2.42. The fourth-order valence-electron chi connectivity index (χ4n) is 3.43. The molecule has 1 unspecified atom stereocenters. The summed E-state index contributed by atoms with van der Waals surface area (Å²) in [7, 11) is 1.55. The van der Waals surface area contributed by atoms with E-state index in [4.69, 9.17) is 9.16 Å². The van der Waals surface area contributed by atoms with Crippen molar-refractivity contribution in [3.8, 4) is 5.75 Å². The Morgan fingerprint density at radius 1 is 0.792 bits per heavy atom. The molecule has 0 aliphatic carbocycles. The number of hydrogen-bond acceptors (Lipinski definition) is 2. The molecule has 0 radical (unpaired) electrons. The fourth-order valence-corrected chi connectivity index (χ4v) is 5.65. The van der Waals surface area contributed by atoms with Crippen molar-refractivity contribution in [3.63, 3.8) is 0 Å². The van der Waals surface area contributed by atoms with E-state index < -0.39 is 8.32 Å². The summed E-state index contributed by atoms with van der Waals surface area (Å²) in [5.41, 5.74) is 2.72. The minimum Gasteiger partial charge on any atom is -0.496 e. The third kappa shape index (κ3) is 2.97. The summed E-state index contributed by atoms with van der Waals surface area (Å²) in [5, 5.41) is 2.47. The molecule has 24 heavy (non-hydrogen) atoms. The Morgan fingerprint density at radius 2 is 1.46 bits per heavy atom. The van der Waals surface area contributed by atoms with Crippen molar-refractivity contribution in [1.82, 2.24) is 0 Å². The molecule has 0 N–H and O–H groups in total. The van der Waals surface area contributed by atoms with Gasteiger partial charge >= 0.3 is 0 Å². The van der Waals surface area contributed by atoms with Gasteiger partial charge in [0, 0.05) is 18.2 Å². The Kier molecular flexibility index (Phi) is 4.74. The lowest BCUT2D eigenvalue weighted by Gasteiger charge is -2.33. The van der Waals surface area contributed by atoms with E-state index in [2.05, 4.69) is 79.8 Å². The van der Waals surface area contributed by atoms with E-state index in [1.165, 1.54) is 21.9 Å². The first kappa shape index (κ1) is 16.7. The van der Waals surface area contributed by atoms with Crippen LogP contribution in [0.5, 0.6) is 5.75 Å². The predicted octanol–water partition coefficient (Wildman–Crippen LogP) is 5.37. The highest BCUT2D eigenvalue weighted by molar-refractivity contribution is 6.73. The van der Waals surface area contributed by atoms with Crippen LogP contribution in [0.4, 0.5) is 0 Å². The largest absolute Gasteiger partial charge is 0.496 e. The lowest BCUT2D eigenvalue weighted by molar-refractivity contribution is 0.389. The molecule has 0 aromatic heterocycles. The van der Waals surface area contributed by atoms with Gasteiger partial charge in [0.1, 0.15) is 5.75 Å². The second kappa shape index (κ2) is 6.79. The summed E-state index contributed by atoms with van der Waals surface area (Å²) >= 11 is 0. The minimum atomic E-state index is -2.03. The first-order valence-corrected chi connectivity index (χ1v) is 11.2. The maximum Gasteiger partial charge on any atom is 0.198 e. The number of ether oxygens (including phenoxy) is 1. The molecular formula is C21H24O2Si. The lowest BCUT2D eigenvalue weighted by atomic mass is 9.96. The SMILES string of the molecule is COc1ccc2ccccc2c1C(c1ccccc1)[Si](C)(C)OC. The number of hydrogen-bond donors (Lipinski definition) is 0. The monoisotopic (exact) mass is 336 g/mol. The summed E-state index contributed by atoms with van der Waals surface area (Å²) in [4.78, 5) is 0. The summed E-state index contributed by atoms with van der Waals surface area (Å²) in [6.45, 7) is 4.54. The van der Waals surface area contributed by atoms with Crippen LogP contribution in [0.3, 0.4) is 0 Å².